The van der Waals surface area contributed by atoms with E-state index in [0.717, 1.165) is 48.8 Å². The molecule has 4 heterocycles. The van der Waals surface area contributed by atoms with Crippen molar-refractivity contribution in [1.82, 2.24) is 14.5 Å². The molecule has 1 aromatic carbocycles. The molecule has 0 radical (unpaired) electrons. The van der Waals surface area contributed by atoms with Gasteiger partial charge in [-0.3, -0.25) is 4.79 Å². The fourth-order valence-corrected chi connectivity index (χ4v) is 4.70. The van der Waals surface area contributed by atoms with Crippen molar-refractivity contribution in [2.75, 3.05) is 31.1 Å². The van der Waals surface area contributed by atoms with E-state index in [1.54, 1.807) is 4.90 Å². The molecule has 31 heavy (non-hydrogen) atoms. The van der Waals surface area contributed by atoms with E-state index in [1.807, 2.05) is 20.0 Å². The van der Waals surface area contributed by atoms with Gasteiger partial charge in [0.05, 0.1) is 24.4 Å². The maximum Gasteiger partial charge on any atom is 0.256 e. The molecule has 0 bridgehead atoms. The second-order valence-corrected chi connectivity index (χ2v) is 8.52. The molecule has 162 valence electrons. The summed E-state index contributed by atoms with van der Waals surface area (Å²) < 4.78 is 8.40. The van der Waals surface area contributed by atoms with Crippen LogP contribution in [-0.4, -0.2) is 57.8 Å². The van der Waals surface area contributed by atoms with E-state index in [9.17, 15) is 9.90 Å². The summed E-state index contributed by atoms with van der Waals surface area (Å²) in [6.07, 6.45) is 4.12. The highest BCUT2D eigenvalue weighted by Gasteiger charge is 2.31. The van der Waals surface area contributed by atoms with Crippen molar-refractivity contribution in [2.24, 2.45) is 7.05 Å². The van der Waals surface area contributed by atoms with Gasteiger partial charge in [-0.15, -0.1) is 0 Å². The number of aromatic nitrogens is 2. The van der Waals surface area contributed by atoms with E-state index in [-0.39, 0.29) is 18.6 Å². The Balaban J connectivity index is 1.25. The van der Waals surface area contributed by atoms with Gasteiger partial charge in [0.2, 0.25) is 0 Å². The lowest BCUT2D eigenvalue weighted by atomic mass is 10.1. The molecule has 7 heteroatoms. The Morgan fingerprint density at radius 2 is 2.00 bits per heavy atom. The van der Waals surface area contributed by atoms with Crippen LogP contribution in [0.4, 0.5) is 5.82 Å². The van der Waals surface area contributed by atoms with Crippen molar-refractivity contribution in [2.45, 2.75) is 32.4 Å². The van der Waals surface area contributed by atoms with Crippen molar-refractivity contribution in [3.8, 4) is 5.75 Å². The zero-order valence-electron chi connectivity index (χ0n) is 18.0. The average molecular weight is 421 g/mol. The van der Waals surface area contributed by atoms with Gasteiger partial charge >= 0.3 is 0 Å². The standard InChI is InChI=1S/C24H28N4O3/c1-16-13-20-21(15-28(11-12-29)24(20)30)25-23(16)27-9-6-18(7-10-27)31-19-3-4-22-17(14-19)5-8-26(22)2/h3-5,8,13-14,18,29H,6-7,9-12,15H2,1-2H3. The van der Waals surface area contributed by atoms with Gasteiger partial charge in [-0.1, -0.05) is 0 Å². The first-order valence-electron chi connectivity index (χ1n) is 10.9. The Morgan fingerprint density at radius 1 is 1.19 bits per heavy atom. The topological polar surface area (TPSA) is 70.8 Å². The number of aryl methyl sites for hydroxylation is 2. The van der Waals surface area contributed by atoms with Crippen LogP contribution in [0.1, 0.15) is 34.5 Å². The van der Waals surface area contributed by atoms with Gasteiger partial charge in [-0.2, -0.15) is 0 Å². The number of amides is 1. The van der Waals surface area contributed by atoms with Crippen LogP contribution in [0.3, 0.4) is 0 Å². The summed E-state index contributed by atoms with van der Waals surface area (Å²) in [5.41, 5.74) is 3.71. The molecule has 0 atom stereocenters. The lowest BCUT2D eigenvalue weighted by Crippen LogP contribution is -2.39. The number of fused-ring (bicyclic) bond motifs is 2. The Labute approximate surface area is 181 Å². The maximum atomic E-state index is 12.5. The molecule has 0 aliphatic carbocycles. The minimum atomic E-state index is -0.0336. The summed E-state index contributed by atoms with van der Waals surface area (Å²) in [5.74, 6) is 1.85. The van der Waals surface area contributed by atoms with Gasteiger partial charge in [0.15, 0.2) is 0 Å². The summed E-state index contributed by atoms with van der Waals surface area (Å²) >= 11 is 0. The van der Waals surface area contributed by atoms with Crippen LogP contribution in [0.15, 0.2) is 36.5 Å². The number of carbonyl (C=O) groups excluding carboxylic acids is 1. The first-order chi connectivity index (χ1) is 15.0. The highest BCUT2D eigenvalue weighted by molar-refractivity contribution is 5.98. The number of aliphatic hydroxyl groups excluding tert-OH is 1. The molecule has 0 spiro atoms. The highest BCUT2D eigenvalue weighted by atomic mass is 16.5. The third kappa shape index (κ3) is 3.63. The number of β-amino-alcohol motifs (C(OH)–C–C–N with tert-alkyl or cyclic N) is 1. The zero-order chi connectivity index (χ0) is 21.5. The van der Waals surface area contributed by atoms with Crippen LogP contribution in [0.25, 0.3) is 10.9 Å². The van der Waals surface area contributed by atoms with E-state index >= 15 is 0 Å². The molecule has 2 aliphatic rings. The molecule has 1 fully saturated rings. The van der Waals surface area contributed by atoms with Crippen molar-refractivity contribution >= 4 is 22.6 Å². The van der Waals surface area contributed by atoms with Crippen molar-refractivity contribution in [3.63, 3.8) is 0 Å². The van der Waals surface area contributed by atoms with E-state index in [2.05, 4.69) is 39.9 Å². The summed E-state index contributed by atoms with van der Waals surface area (Å²) in [6.45, 7) is 4.56. The van der Waals surface area contributed by atoms with Gasteiger partial charge in [0.25, 0.3) is 5.91 Å². The SMILES string of the molecule is Cc1cc2c(nc1N1CCC(Oc3ccc4c(ccn4C)c3)CC1)CN(CCO)C2=O. The van der Waals surface area contributed by atoms with Crippen LogP contribution >= 0.6 is 0 Å². The van der Waals surface area contributed by atoms with E-state index in [0.29, 0.717) is 18.7 Å². The van der Waals surface area contributed by atoms with Crippen LogP contribution < -0.4 is 9.64 Å². The Morgan fingerprint density at radius 3 is 2.77 bits per heavy atom. The molecule has 0 unspecified atom stereocenters. The number of aliphatic hydroxyl groups is 1. The minimum Gasteiger partial charge on any atom is -0.490 e. The normalized spacial score (nSPS) is 16.9. The summed E-state index contributed by atoms with van der Waals surface area (Å²) in [5, 5.41) is 10.4. The first-order valence-corrected chi connectivity index (χ1v) is 10.9. The van der Waals surface area contributed by atoms with Gasteiger partial charge in [0, 0.05) is 56.6 Å². The molecular formula is C24H28N4O3. The Bertz CT molecular complexity index is 1130. The second kappa shape index (κ2) is 7.89. The van der Waals surface area contributed by atoms with Gasteiger partial charge in [0.1, 0.15) is 17.7 Å². The number of anilines is 1. The predicted octanol–water partition coefficient (Wildman–Crippen LogP) is 2.88. The fourth-order valence-electron chi connectivity index (χ4n) is 4.70. The average Bonchev–Trinajstić information content (AvgIpc) is 3.28. The number of carbonyl (C=O) groups is 1. The van der Waals surface area contributed by atoms with Crippen molar-refractivity contribution in [1.29, 1.82) is 0 Å². The number of pyridine rings is 1. The largest absolute Gasteiger partial charge is 0.490 e. The molecule has 2 aliphatic heterocycles. The van der Waals surface area contributed by atoms with Crippen LogP contribution in [0.5, 0.6) is 5.75 Å². The molecular weight excluding hydrogens is 392 g/mol. The second-order valence-electron chi connectivity index (χ2n) is 8.52. The number of ether oxygens (including phenoxy) is 1. The predicted molar refractivity (Wildman–Crippen MR) is 120 cm³/mol. The molecule has 1 saturated heterocycles. The highest BCUT2D eigenvalue weighted by Crippen LogP contribution is 2.30. The van der Waals surface area contributed by atoms with Crippen molar-refractivity contribution in [3.05, 3.63) is 53.3 Å². The summed E-state index contributed by atoms with van der Waals surface area (Å²) in [7, 11) is 2.05. The van der Waals surface area contributed by atoms with E-state index in [4.69, 9.17) is 9.72 Å². The van der Waals surface area contributed by atoms with E-state index in [1.165, 1.54) is 10.9 Å². The molecule has 3 aromatic rings. The third-order valence-corrected chi connectivity index (χ3v) is 6.39. The van der Waals surface area contributed by atoms with Crippen LogP contribution in [0, 0.1) is 6.92 Å². The summed E-state index contributed by atoms with van der Waals surface area (Å²) in [4.78, 5) is 21.3. The van der Waals surface area contributed by atoms with Crippen LogP contribution in [-0.2, 0) is 13.6 Å². The van der Waals surface area contributed by atoms with E-state index < -0.39 is 0 Å². The molecule has 7 nitrogen and oxygen atoms in total. The van der Waals surface area contributed by atoms with Crippen LogP contribution in [0.2, 0.25) is 0 Å². The fraction of sp³-hybridized carbons (Fsp3) is 0.417. The number of hydrogen-bond acceptors (Lipinski definition) is 5. The molecule has 1 N–H and O–H groups in total. The monoisotopic (exact) mass is 420 g/mol. The smallest absolute Gasteiger partial charge is 0.256 e. The molecule has 5 rings (SSSR count). The summed E-state index contributed by atoms with van der Waals surface area (Å²) in [6, 6.07) is 10.3. The van der Waals surface area contributed by atoms with Crippen molar-refractivity contribution < 1.29 is 14.6 Å². The minimum absolute atomic E-state index is 0.0315. The maximum absolute atomic E-state index is 12.5. The molecule has 0 saturated carbocycles. The Kier molecular flexibility index (Phi) is 5.06. The third-order valence-electron chi connectivity index (χ3n) is 6.39. The molecule has 2 aromatic heterocycles. The zero-order valence-corrected chi connectivity index (χ0v) is 18.0. The number of benzene rings is 1. The van der Waals surface area contributed by atoms with Gasteiger partial charge in [-0.05, 0) is 42.8 Å². The lowest BCUT2D eigenvalue weighted by molar-refractivity contribution is 0.0745. The Hall–Kier alpha value is -3.06. The number of nitrogens with zero attached hydrogens (tertiary/aromatic N) is 4. The first kappa shape index (κ1) is 19.9. The quantitative estimate of drug-likeness (QED) is 0.687. The number of rotatable bonds is 5. The number of piperidine rings is 1. The lowest BCUT2D eigenvalue weighted by Gasteiger charge is -2.34. The van der Waals surface area contributed by atoms with Gasteiger partial charge in [-0.25, -0.2) is 4.98 Å². The molecule has 1 amide bonds. The van der Waals surface area contributed by atoms with Gasteiger partial charge < -0.3 is 24.2 Å². The number of hydrogen-bond donors (Lipinski definition) is 1.